The second-order valence-corrected chi connectivity index (χ2v) is 3.95. The number of anilines is 2. The summed E-state index contributed by atoms with van der Waals surface area (Å²) in [5.74, 6) is 1.13. The van der Waals surface area contributed by atoms with Crippen LogP contribution in [0.5, 0.6) is 0 Å². The fourth-order valence-electron chi connectivity index (χ4n) is 2.07. The van der Waals surface area contributed by atoms with E-state index in [9.17, 15) is 0 Å². The Labute approximate surface area is 94.9 Å². The van der Waals surface area contributed by atoms with Gasteiger partial charge in [-0.05, 0) is 24.6 Å². The van der Waals surface area contributed by atoms with Crippen molar-refractivity contribution in [2.24, 2.45) is 0 Å². The van der Waals surface area contributed by atoms with Gasteiger partial charge in [-0.15, -0.1) is 4.68 Å². The van der Waals surface area contributed by atoms with Crippen molar-refractivity contribution < 1.29 is 4.68 Å². The molecule has 3 rings (SSSR count). The first-order valence-electron chi connectivity index (χ1n) is 5.44. The van der Waals surface area contributed by atoms with Gasteiger partial charge in [-0.25, -0.2) is 0 Å². The summed E-state index contributed by atoms with van der Waals surface area (Å²) >= 11 is 0. The third-order valence-corrected chi connectivity index (χ3v) is 2.90. The van der Waals surface area contributed by atoms with Crippen LogP contribution in [0.15, 0.2) is 48.7 Å². The van der Waals surface area contributed by atoms with Crippen molar-refractivity contribution in [2.75, 3.05) is 17.0 Å². The van der Waals surface area contributed by atoms with Crippen molar-refractivity contribution in [3.63, 3.8) is 0 Å². The summed E-state index contributed by atoms with van der Waals surface area (Å²) in [5.41, 5.74) is 2.53. The van der Waals surface area contributed by atoms with E-state index in [4.69, 9.17) is 0 Å². The van der Waals surface area contributed by atoms with Crippen LogP contribution in [0.25, 0.3) is 0 Å². The molecule has 0 atom stereocenters. The van der Waals surface area contributed by atoms with Crippen molar-refractivity contribution in [1.29, 1.82) is 0 Å². The second kappa shape index (κ2) is 3.52. The number of fused-ring (bicyclic) bond motifs is 1. The van der Waals surface area contributed by atoms with Gasteiger partial charge in [0.05, 0.1) is 5.69 Å². The van der Waals surface area contributed by atoms with Crippen LogP contribution in [-0.4, -0.2) is 6.67 Å². The molecule has 1 N–H and O–H groups in total. The summed E-state index contributed by atoms with van der Waals surface area (Å²) in [7, 11) is 0. The lowest BCUT2D eigenvalue weighted by molar-refractivity contribution is -0.660. The molecule has 80 valence electrons. The molecule has 0 unspecified atom stereocenters. The maximum absolute atomic E-state index is 3.36. The number of nitrogens with zero attached hydrogens (tertiary/aromatic N) is 2. The molecule has 3 nitrogen and oxygen atoms in total. The lowest BCUT2D eigenvalue weighted by Gasteiger charge is -2.15. The first-order valence-corrected chi connectivity index (χ1v) is 5.44. The van der Waals surface area contributed by atoms with E-state index in [-0.39, 0.29) is 0 Å². The number of pyridine rings is 1. The van der Waals surface area contributed by atoms with E-state index in [2.05, 4.69) is 58.5 Å². The summed E-state index contributed by atoms with van der Waals surface area (Å²) in [6.07, 6.45) is 2.07. The summed E-state index contributed by atoms with van der Waals surface area (Å²) in [4.78, 5) is 0. The van der Waals surface area contributed by atoms with E-state index in [1.165, 1.54) is 11.3 Å². The standard InChI is InChI=1S/C13H13N3/c1-11-6-2-3-7-12(11)16-10-14-13-8-4-5-9-15(13)16/h2-9H,10H2,1H3/p+1. The van der Waals surface area contributed by atoms with E-state index in [1.54, 1.807) is 0 Å². The third-order valence-electron chi connectivity index (χ3n) is 2.90. The minimum absolute atomic E-state index is 0.814. The number of benzene rings is 1. The zero-order chi connectivity index (χ0) is 11.0. The van der Waals surface area contributed by atoms with Gasteiger partial charge in [-0.2, -0.15) is 5.01 Å². The van der Waals surface area contributed by atoms with Gasteiger partial charge in [-0.3, -0.25) is 5.32 Å². The Bertz CT molecular complexity index is 522. The van der Waals surface area contributed by atoms with Gasteiger partial charge in [0, 0.05) is 6.07 Å². The monoisotopic (exact) mass is 212 g/mol. The van der Waals surface area contributed by atoms with Crippen LogP contribution in [0.3, 0.4) is 0 Å². The molecule has 1 aliphatic rings. The molecule has 0 radical (unpaired) electrons. The molecule has 0 saturated carbocycles. The second-order valence-electron chi connectivity index (χ2n) is 3.95. The van der Waals surface area contributed by atoms with Gasteiger partial charge >= 0.3 is 0 Å². The van der Waals surface area contributed by atoms with E-state index in [0.717, 1.165) is 12.5 Å². The van der Waals surface area contributed by atoms with E-state index in [1.807, 2.05) is 12.1 Å². The molecule has 1 aromatic carbocycles. The van der Waals surface area contributed by atoms with E-state index in [0.29, 0.717) is 0 Å². The predicted octanol–water partition coefficient (Wildman–Crippen LogP) is 1.94. The van der Waals surface area contributed by atoms with Gasteiger partial charge in [0.25, 0.3) is 5.82 Å². The number of aryl methyl sites for hydroxylation is 1. The fourth-order valence-corrected chi connectivity index (χ4v) is 2.07. The lowest BCUT2D eigenvalue weighted by Crippen LogP contribution is -2.50. The summed E-state index contributed by atoms with van der Waals surface area (Å²) in [6, 6.07) is 14.6. The number of hydrogen-bond donors (Lipinski definition) is 1. The van der Waals surface area contributed by atoms with E-state index >= 15 is 0 Å². The SMILES string of the molecule is Cc1ccccc1N1CNc2cccc[n+]21. The first-order chi connectivity index (χ1) is 7.86. The van der Waals surface area contributed by atoms with Crippen molar-refractivity contribution in [3.05, 3.63) is 54.2 Å². The number of para-hydroxylation sites is 1. The smallest absolute Gasteiger partial charge is 0.251 e. The molecule has 0 bridgehead atoms. The van der Waals surface area contributed by atoms with Crippen molar-refractivity contribution in [1.82, 2.24) is 0 Å². The largest absolute Gasteiger partial charge is 0.299 e. The molecule has 2 aromatic rings. The summed E-state index contributed by atoms with van der Waals surface area (Å²) in [6.45, 7) is 2.95. The van der Waals surface area contributed by atoms with Crippen LogP contribution >= 0.6 is 0 Å². The van der Waals surface area contributed by atoms with Gasteiger partial charge in [0.1, 0.15) is 6.20 Å². The van der Waals surface area contributed by atoms with Crippen LogP contribution in [0.1, 0.15) is 5.56 Å². The number of aromatic nitrogens is 1. The molecular weight excluding hydrogens is 198 g/mol. The molecule has 0 aliphatic carbocycles. The predicted molar refractivity (Wildman–Crippen MR) is 64.2 cm³/mol. The first kappa shape index (κ1) is 9.21. The Morgan fingerprint density at radius 1 is 1.12 bits per heavy atom. The van der Waals surface area contributed by atoms with Crippen LogP contribution < -0.4 is 15.0 Å². The highest BCUT2D eigenvalue weighted by molar-refractivity contribution is 5.53. The minimum atomic E-state index is 0.814. The third kappa shape index (κ3) is 1.33. The molecule has 0 saturated heterocycles. The number of rotatable bonds is 1. The number of hydrogen-bond acceptors (Lipinski definition) is 2. The van der Waals surface area contributed by atoms with Gasteiger partial charge in [0.2, 0.25) is 0 Å². The van der Waals surface area contributed by atoms with Crippen LogP contribution in [0, 0.1) is 6.92 Å². The van der Waals surface area contributed by atoms with Crippen LogP contribution in [0.2, 0.25) is 0 Å². The molecule has 0 spiro atoms. The van der Waals surface area contributed by atoms with Crippen LogP contribution in [-0.2, 0) is 0 Å². The molecular formula is C13H14N3+. The average molecular weight is 212 g/mol. The normalized spacial score (nSPS) is 13.4. The Morgan fingerprint density at radius 3 is 2.81 bits per heavy atom. The molecule has 1 aliphatic heterocycles. The minimum Gasteiger partial charge on any atom is -0.251 e. The zero-order valence-corrected chi connectivity index (χ0v) is 9.22. The quantitative estimate of drug-likeness (QED) is 0.728. The zero-order valence-electron chi connectivity index (χ0n) is 9.22. The fraction of sp³-hybridized carbons (Fsp3) is 0.154. The lowest BCUT2D eigenvalue weighted by atomic mass is 10.2. The highest BCUT2D eigenvalue weighted by Gasteiger charge is 2.26. The van der Waals surface area contributed by atoms with Gasteiger partial charge in [-0.1, -0.05) is 24.3 Å². The average Bonchev–Trinajstić information content (AvgIpc) is 2.74. The van der Waals surface area contributed by atoms with Crippen molar-refractivity contribution in [2.45, 2.75) is 6.92 Å². The topological polar surface area (TPSA) is 19.1 Å². The molecule has 16 heavy (non-hydrogen) atoms. The molecule has 2 heterocycles. The molecule has 3 heteroatoms. The Morgan fingerprint density at radius 2 is 1.94 bits per heavy atom. The Balaban J connectivity index is 2.08. The summed E-state index contributed by atoms with van der Waals surface area (Å²) in [5, 5.41) is 5.59. The maximum Gasteiger partial charge on any atom is 0.299 e. The Kier molecular flexibility index (Phi) is 2.03. The van der Waals surface area contributed by atoms with Crippen molar-refractivity contribution in [3.8, 4) is 0 Å². The maximum atomic E-state index is 3.36. The highest BCUT2D eigenvalue weighted by atomic mass is 15.6. The molecule has 1 aromatic heterocycles. The summed E-state index contributed by atoms with van der Waals surface area (Å²) < 4.78 is 2.14. The van der Waals surface area contributed by atoms with Gasteiger partial charge < -0.3 is 0 Å². The number of nitrogens with one attached hydrogen (secondary N) is 1. The molecule has 0 amide bonds. The highest BCUT2D eigenvalue weighted by Crippen LogP contribution is 2.20. The van der Waals surface area contributed by atoms with Crippen LogP contribution in [0.4, 0.5) is 11.5 Å². The van der Waals surface area contributed by atoms with Gasteiger partial charge in [0.15, 0.2) is 6.67 Å². The Hall–Kier alpha value is -2.03. The van der Waals surface area contributed by atoms with Crippen molar-refractivity contribution >= 4 is 11.5 Å². The van der Waals surface area contributed by atoms with E-state index < -0.39 is 0 Å². The molecule has 0 fully saturated rings.